The molecule has 0 amide bonds. The van der Waals surface area contributed by atoms with Gasteiger partial charge in [-0.1, -0.05) is 6.07 Å². The van der Waals surface area contributed by atoms with E-state index in [2.05, 4.69) is 20.4 Å². The maximum absolute atomic E-state index is 9.31. The molecule has 0 atom stereocenters. The van der Waals surface area contributed by atoms with Crippen molar-refractivity contribution in [2.24, 2.45) is 0 Å². The fourth-order valence-corrected chi connectivity index (χ4v) is 2.98. The minimum Gasteiger partial charge on any atom is -0.493 e. The van der Waals surface area contributed by atoms with Crippen LogP contribution in [0.25, 0.3) is 17.2 Å². The number of furan rings is 1. The molecule has 0 unspecified atom stereocenters. The van der Waals surface area contributed by atoms with Crippen LogP contribution in [0, 0.1) is 0 Å². The van der Waals surface area contributed by atoms with Crippen molar-refractivity contribution in [1.29, 1.82) is 0 Å². The van der Waals surface area contributed by atoms with E-state index in [4.69, 9.17) is 13.9 Å². The van der Waals surface area contributed by atoms with Crippen molar-refractivity contribution in [3.8, 4) is 23.1 Å². The molecule has 0 aliphatic carbocycles. The first kappa shape index (κ1) is 18.8. The van der Waals surface area contributed by atoms with Crippen molar-refractivity contribution in [3.63, 3.8) is 0 Å². The minimum absolute atomic E-state index is 0.00251. The van der Waals surface area contributed by atoms with Gasteiger partial charge in [-0.05, 0) is 29.8 Å². The first-order chi connectivity index (χ1) is 14.2. The average molecular weight is 395 g/mol. The van der Waals surface area contributed by atoms with E-state index in [0.29, 0.717) is 53.3 Å². The van der Waals surface area contributed by atoms with Crippen molar-refractivity contribution in [3.05, 3.63) is 53.9 Å². The normalized spacial score (nSPS) is 11.0. The summed E-state index contributed by atoms with van der Waals surface area (Å²) in [6.07, 6.45) is 2.00. The predicted molar refractivity (Wildman–Crippen MR) is 106 cm³/mol. The minimum atomic E-state index is -0.00251. The van der Waals surface area contributed by atoms with Crippen molar-refractivity contribution in [1.82, 2.24) is 19.6 Å². The standard InChI is InChI=1S/C20H21N5O4/c1-27-15-6-5-13(10-17(15)28-2)12-21-20-22-14(7-8-26)11-18-23-19(24-25(18)20)16-4-3-9-29-16/h3-6,9-11,26H,7-8,12H2,1-2H3,(H,21,22). The van der Waals surface area contributed by atoms with Gasteiger partial charge in [0.1, 0.15) is 0 Å². The van der Waals surface area contributed by atoms with Crippen LogP contribution in [0.1, 0.15) is 11.3 Å². The number of fused-ring (bicyclic) bond motifs is 1. The van der Waals surface area contributed by atoms with Crippen LogP contribution in [0.4, 0.5) is 5.95 Å². The molecule has 29 heavy (non-hydrogen) atoms. The van der Waals surface area contributed by atoms with E-state index in [1.54, 1.807) is 43.2 Å². The third-order valence-electron chi connectivity index (χ3n) is 4.39. The Hall–Kier alpha value is -3.59. The second-order valence-corrected chi connectivity index (χ2v) is 6.27. The van der Waals surface area contributed by atoms with Crippen molar-refractivity contribution >= 4 is 11.6 Å². The number of aliphatic hydroxyl groups excluding tert-OH is 1. The quantitative estimate of drug-likeness (QED) is 0.469. The highest BCUT2D eigenvalue weighted by Crippen LogP contribution is 2.28. The molecular weight excluding hydrogens is 374 g/mol. The smallest absolute Gasteiger partial charge is 0.226 e. The molecule has 0 spiro atoms. The number of hydrogen-bond acceptors (Lipinski definition) is 8. The topological polar surface area (TPSA) is 107 Å². The first-order valence-electron chi connectivity index (χ1n) is 9.08. The summed E-state index contributed by atoms with van der Waals surface area (Å²) in [5, 5.41) is 17.1. The van der Waals surface area contributed by atoms with Crippen molar-refractivity contribution < 1.29 is 19.0 Å². The van der Waals surface area contributed by atoms with E-state index in [1.807, 2.05) is 18.2 Å². The molecule has 9 heteroatoms. The molecule has 4 aromatic rings. The predicted octanol–water partition coefficient (Wildman–Crippen LogP) is 2.55. The van der Waals surface area contributed by atoms with Crippen LogP contribution < -0.4 is 14.8 Å². The zero-order valence-electron chi connectivity index (χ0n) is 16.1. The maximum Gasteiger partial charge on any atom is 0.226 e. The molecule has 0 radical (unpaired) electrons. The summed E-state index contributed by atoms with van der Waals surface area (Å²) in [4.78, 5) is 9.10. The summed E-state index contributed by atoms with van der Waals surface area (Å²) in [5.74, 6) is 2.88. The highest BCUT2D eigenvalue weighted by molar-refractivity contribution is 5.55. The Morgan fingerprint density at radius 1 is 1.10 bits per heavy atom. The Morgan fingerprint density at radius 2 is 1.97 bits per heavy atom. The third kappa shape index (κ3) is 3.85. The zero-order chi connectivity index (χ0) is 20.2. The molecule has 0 aliphatic rings. The molecule has 0 saturated carbocycles. The molecule has 3 aromatic heterocycles. The van der Waals surface area contributed by atoms with Crippen LogP contribution in [0.5, 0.6) is 11.5 Å². The lowest BCUT2D eigenvalue weighted by atomic mass is 10.2. The largest absolute Gasteiger partial charge is 0.493 e. The van der Waals surface area contributed by atoms with Crippen LogP contribution in [-0.4, -0.2) is 45.5 Å². The van der Waals surface area contributed by atoms with Crippen LogP contribution in [-0.2, 0) is 13.0 Å². The zero-order valence-corrected chi connectivity index (χ0v) is 16.1. The molecule has 1 aromatic carbocycles. The van der Waals surface area contributed by atoms with Gasteiger partial charge in [-0.3, -0.25) is 0 Å². The number of ether oxygens (including phenoxy) is 2. The number of anilines is 1. The summed E-state index contributed by atoms with van der Waals surface area (Å²) in [6.45, 7) is 0.485. The highest BCUT2D eigenvalue weighted by atomic mass is 16.5. The summed E-state index contributed by atoms with van der Waals surface area (Å²) in [5.41, 5.74) is 2.31. The van der Waals surface area contributed by atoms with Crippen LogP contribution in [0.15, 0.2) is 47.1 Å². The second kappa shape index (κ2) is 8.19. The van der Waals surface area contributed by atoms with Crippen molar-refractivity contribution in [2.75, 3.05) is 26.1 Å². The Bertz CT molecular complexity index is 1110. The molecule has 0 aliphatic heterocycles. The van der Waals surface area contributed by atoms with Gasteiger partial charge in [-0.25, -0.2) is 9.97 Å². The number of hydrogen-bond donors (Lipinski definition) is 2. The number of aliphatic hydroxyl groups is 1. The molecule has 0 fully saturated rings. The fraction of sp³-hybridized carbons (Fsp3) is 0.250. The van der Waals surface area contributed by atoms with Crippen LogP contribution in [0.2, 0.25) is 0 Å². The Kier molecular flexibility index (Phi) is 5.30. The Morgan fingerprint density at radius 3 is 2.69 bits per heavy atom. The van der Waals surface area contributed by atoms with Gasteiger partial charge >= 0.3 is 0 Å². The molecular formula is C20H21N5O4. The summed E-state index contributed by atoms with van der Waals surface area (Å²) in [7, 11) is 3.20. The van der Waals surface area contributed by atoms with Gasteiger partial charge in [-0.15, -0.1) is 5.10 Å². The third-order valence-corrected chi connectivity index (χ3v) is 4.39. The van der Waals surface area contributed by atoms with Crippen LogP contribution >= 0.6 is 0 Å². The van der Waals surface area contributed by atoms with Gasteiger partial charge in [0, 0.05) is 25.6 Å². The number of rotatable bonds is 8. The van der Waals surface area contributed by atoms with Gasteiger partial charge in [0.2, 0.25) is 11.8 Å². The number of nitrogens with one attached hydrogen (secondary N) is 1. The number of methoxy groups -OCH3 is 2. The lowest BCUT2D eigenvalue weighted by Gasteiger charge is -2.11. The Balaban J connectivity index is 1.66. The molecule has 3 heterocycles. The highest BCUT2D eigenvalue weighted by Gasteiger charge is 2.14. The molecule has 2 N–H and O–H groups in total. The number of benzene rings is 1. The molecule has 9 nitrogen and oxygen atoms in total. The van der Waals surface area contributed by atoms with Gasteiger partial charge < -0.3 is 24.3 Å². The average Bonchev–Trinajstić information content (AvgIpc) is 3.41. The van der Waals surface area contributed by atoms with Gasteiger partial charge in [0.25, 0.3) is 0 Å². The maximum atomic E-state index is 9.31. The Labute approximate surface area is 166 Å². The molecule has 0 saturated heterocycles. The molecule has 150 valence electrons. The van der Waals surface area contributed by atoms with Gasteiger partial charge in [-0.2, -0.15) is 4.52 Å². The fourth-order valence-electron chi connectivity index (χ4n) is 2.98. The monoisotopic (exact) mass is 395 g/mol. The van der Waals surface area contributed by atoms with E-state index in [-0.39, 0.29) is 6.61 Å². The van der Waals surface area contributed by atoms with Crippen LogP contribution in [0.3, 0.4) is 0 Å². The summed E-state index contributed by atoms with van der Waals surface area (Å²) >= 11 is 0. The lowest BCUT2D eigenvalue weighted by Crippen LogP contribution is -2.10. The van der Waals surface area contributed by atoms with Crippen molar-refractivity contribution in [2.45, 2.75) is 13.0 Å². The lowest BCUT2D eigenvalue weighted by molar-refractivity contribution is 0.298. The number of aromatic nitrogens is 4. The van der Waals surface area contributed by atoms with E-state index in [1.165, 1.54) is 0 Å². The summed E-state index contributed by atoms with van der Waals surface area (Å²) in [6, 6.07) is 11.1. The van der Waals surface area contributed by atoms with E-state index in [9.17, 15) is 5.11 Å². The van der Waals surface area contributed by atoms with Gasteiger partial charge in [0.05, 0.1) is 26.2 Å². The molecule has 0 bridgehead atoms. The second-order valence-electron chi connectivity index (χ2n) is 6.27. The van der Waals surface area contributed by atoms with Gasteiger partial charge in [0.15, 0.2) is 22.9 Å². The SMILES string of the molecule is COc1ccc(CNc2nc(CCO)cc3nc(-c4ccco4)nn23)cc1OC. The van der Waals surface area contributed by atoms with E-state index >= 15 is 0 Å². The number of nitrogens with zero attached hydrogens (tertiary/aromatic N) is 4. The summed E-state index contributed by atoms with van der Waals surface area (Å²) < 4.78 is 17.7. The molecule has 4 rings (SSSR count). The van der Waals surface area contributed by atoms with E-state index in [0.717, 1.165) is 5.56 Å². The van der Waals surface area contributed by atoms with E-state index < -0.39 is 0 Å². The first-order valence-corrected chi connectivity index (χ1v) is 9.08.